The van der Waals surface area contributed by atoms with Crippen LogP contribution in [0, 0.1) is 11.3 Å². The first-order chi connectivity index (χ1) is 16.0. The SMILES string of the molecule is N#C/C(=C/c1cn(CCSc2ccc(Cl)cc2)c2ccccc12)C(=O)Nc1cccc(Cl)c1. The molecule has 1 amide bonds. The molecule has 0 radical (unpaired) electrons. The van der Waals surface area contributed by atoms with Crippen molar-refractivity contribution in [1.82, 2.24) is 4.57 Å². The third kappa shape index (κ3) is 5.80. The Kier molecular flexibility index (Phi) is 7.41. The number of aryl methyl sites for hydroxylation is 1. The Morgan fingerprint density at radius 2 is 1.82 bits per heavy atom. The van der Waals surface area contributed by atoms with Crippen LogP contribution in [0.4, 0.5) is 5.69 Å². The second kappa shape index (κ2) is 10.6. The van der Waals surface area contributed by atoms with Crippen LogP contribution in [-0.2, 0) is 11.3 Å². The number of anilines is 1. The van der Waals surface area contributed by atoms with Crippen LogP contribution in [0.15, 0.2) is 89.5 Å². The molecule has 1 aromatic heterocycles. The van der Waals surface area contributed by atoms with Crippen LogP contribution in [-0.4, -0.2) is 16.2 Å². The molecule has 3 aromatic carbocycles. The van der Waals surface area contributed by atoms with Gasteiger partial charge in [-0.25, -0.2) is 0 Å². The van der Waals surface area contributed by atoms with Gasteiger partial charge in [0.25, 0.3) is 5.91 Å². The maximum atomic E-state index is 12.7. The Bertz CT molecular complexity index is 1370. The lowest BCUT2D eigenvalue weighted by atomic mass is 10.1. The van der Waals surface area contributed by atoms with Gasteiger partial charge < -0.3 is 9.88 Å². The first kappa shape index (κ1) is 23.0. The highest BCUT2D eigenvalue weighted by Crippen LogP contribution is 2.26. The molecule has 0 aliphatic carbocycles. The second-order valence-corrected chi connectivity index (χ2v) is 9.27. The van der Waals surface area contributed by atoms with E-state index in [-0.39, 0.29) is 5.57 Å². The second-order valence-electron chi connectivity index (χ2n) is 7.23. The lowest BCUT2D eigenvalue weighted by Gasteiger charge is -2.05. The molecule has 1 N–H and O–H groups in total. The number of rotatable bonds is 7. The summed E-state index contributed by atoms with van der Waals surface area (Å²) in [6.45, 7) is 0.776. The number of para-hydroxylation sites is 1. The number of fused-ring (bicyclic) bond motifs is 1. The third-order valence-corrected chi connectivity index (χ3v) is 6.46. The van der Waals surface area contributed by atoms with Crippen molar-refractivity contribution in [2.45, 2.75) is 11.4 Å². The predicted molar refractivity (Wildman–Crippen MR) is 138 cm³/mol. The zero-order valence-electron chi connectivity index (χ0n) is 17.5. The predicted octanol–water partition coefficient (Wildman–Crippen LogP) is 7.29. The van der Waals surface area contributed by atoms with Crippen LogP contribution < -0.4 is 5.32 Å². The lowest BCUT2D eigenvalue weighted by molar-refractivity contribution is -0.112. The molecule has 0 fully saturated rings. The van der Waals surface area contributed by atoms with Gasteiger partial charge in [-0.05, 0) is 54.6 Å². The normalized spacial score (nSPS) is 11.4. The molecule has 1 heterocycles. The molecule has 0 aliphatic rings. The molecule has 0 aliphatic heterocycles. The maximum Gasteiger partial charge on any atom is 0.266 e. The smallest absolute Gasteiger partial charge is 0.266 e. The molecule has 164 valence electrons. The number of thioether (sulfide) groups is 1. The topological polar surface area (TPSA) is 57.8 Å². The molecular formula is C26H19Cl2N3OS. The van der Waals surface area contributed by atoms with E-state index in [1.807, 2.05) is 60.8 Å². The summed E-state index contributed by atoms with van der Waals surface area (Å²) >= 11 is 13.7. The zero-order chi connectivity index (χ0) is 23.2. The van der Waals surface area contributed by atoms with E-state index in [1.54, 1.807) is 42.1 Å². The van der Waals surface area contributed by atoms with Crippen molar-refractivity contribution in [2.75, 3.05) is 11.1 Å². The van der Waals surface area contributed by atoms with Crippen molar-refractivity contribution in [2.24, 2.45) is 0 Å². The summed E-state index contributed by atoms with van der Waals surface area (Å²) in [5, 5.41) is 14.6. The minimum absolute atomic E-state index is 0.0217. The zero-order valence-corrected chi connectivity index (χ0v) is 19.8. The van der Waals surface area contributed by atoms with Gasteiger partial charge >= 0.3 is 0 Å². The number of hydrogen-bond donors (Lipinski definition) is 1. The minimum Gasteiger partial charge on any atom is -0.346 e. The highest BCUT2D eigenvalue weighted by molar-refractivity contribution is 7.99. The van der Waals surface area contributed by atoms with E-state index in [2.05, 4.69) is 9.88 Å². The van der Waals surface area contributed by atoms with Gasteiger partial charge in [-0.15, -0.1) is 11.8 Å². The number of benzene rings is 3. The number of nitrogens with zero attached hydrogens (tertiary/aromatic N) is 2. The van der Waals surface area contributed by atoms with Gasteiger partial charge in [0.2, 0.25) is 0 Å². The van der Waals surface area contributed by atoms with Crippen molar-refractivity contribution < 1.29 is 4.79 Å². The molecule has 0 saturated carbocycles. The van der Waals surface area contributed by atoms with E-state index in [9.17, 15) is 10.1 Å². The monoisotopic (exact) mass is 491 g/mol. The van der Waals surface area contributed by atoms with E-state index in [0.29, 0.717) is 10.7 Å². The van der Waals surface area contributed by atoms with Crippen molar-refractivity contribution in [3.05, 3.63) is 100 Å². The number of halogens is 2. The number of nitriles is 1. The van der Waals surface area contributed by atoms with Gasteiger partial charge in [0.15, 0.2) is 0 Å². The average molecular weight is 492 g/mol. The Hall–Kier alpha value is -3.17. The van der Waals surface area contributed by atoms with Crippen molar-refractivity contribution in [3.63, 3.8) is 0 Å². The van der Waals surface area contributed by atoms with E-state index in [4.69, 9.17) is 23.2 Å². The standard InChI is InChI=1S/C26H19Cl2N3OS/c27-20-8-10-23(11-9-20)33-13-12-31-17-19(24-6-1-2-7-25(24)31)14-18(16-29)26(32)30-22-5-3-4-21(28)15-22/h1-11,14-15,17H,12-13H2,(H,30,32)/b18-14-. The molecule has 4 nitrogen and oxygen atoms in total. The van der Waals surface area contributed by atoms with Crippen molar-refractivity contribution in [1.29, 1.82) is 5.26 Å². The molecule has 4 aromatic rings. The van der Waals surface area contributed by atoms with E-state index < -0.39 is 5.91 Å². The van der Waals surface area contributed by atoms with Gasteiger partial charge in [-0.2, -0.15) is 5.26 Å². The van der Waals surface area contributed by atoms with Crippen LogP contribution in [0.1, 0.15) is 5.56 Å². The number of hydrogen-bond acceptors (Lipinski definition) is 3. The van der Waals surface area contributed by atoms with Crippen LogP contribution >= 0.6 is 35.0 Å². The van der Waals surface area contributed by atoms with Crippen molar-refractivity contribution >= 4 is 63.5 Å². The summed E-state index contributed by atoms with van der Waals surface area (Å²) in [5.74, 6) is 0.388. The first-order valence-electron chi connectivity index (χ1n) is 10.2. The fourth-order valence-corrected chi connectivity index (χ4v) is 4.61. The van der Waals surface area contributed by atoms with Gasteiger partial charge in [-0.1, -0.05) is 47.5 Å². The summed E-state index contributed by atoms with van der Waals surface area (Å²) in [7, 11) is 0. The minimum atomic E-state index is -0.477. The molecule has 0 spiro atoms. The first-order valence-corrected chi connectivity index (χ1v) is 11.9. The molecule has 0 saturated heterocycles. The number of aromatic nitrogens is 1. The lowest BCUT2D eigenvalue weighted by Crippen LogP contribution is -2.13. The van der Waals surface area contributed by atoms with Crippen molar-refractivity contribution in [3.8, 4) is 6.07 Å². The summed E-state index contributed by atoms with van der Waals surface area (Å²) in [5.41, 5.74) is 2.43. The molecule has 0 unspecified atom stereocenters. The summed E-state index contributed by atoms with van der Waals surface area (Å²) < 4.78 is 2.15. The van der Waals surface area contributed by atoms with Gasteiger partial charge in [-0.3, -0.25) is 4.79 Å². The molecule has 7 heteroatoms. The van der Waals surface area contributed by atoms with E-state index in [1.165, 1.54) is 0 Å². The van der Waals surface area contributed by atoms with Gasteiger partial charge in [0, 0.05) is 55.6 Å². The Balaban J connectivity index is 1.55. The number of carbonyl (C=O) groups excluding carboxylic acids is 1. The fraction of sp³-hybridized carbons (Fsp3) is 0.0769. The van der Waals surface area contributed by atoms with Crippen LogP contribution in [0.3, 0.4) is 0 Å². The third-order valence-electron chi connectivity index (χ3n) is 4.98. The number of nitrogens with one attached hydrogen (secondary N) is 1. The highest BCUT2D eigenvalue weighted by atomic mass is 35.5. The highest BCUT2D eigenvalue weighted by Gasteiger charge is 2.13. The quantitative estimate of drug-likeness (QED) is 0.168. The Morgan fingerprint density at radius 1 is 1.03 bits per heavy atom. The van der Waals surface area contributed by atoms with Crippen LogP contribution in [0.5, 0.6) is 0 Å². The fourth-order valence-electron chi connectivity index (χ4n) is 3.44. The largest absolute Gasteiger partial charge is 0.346 e. The van der Waals surface area contributed by atoms with E-state index >= 15 is 0 Å². The maximum absolute atomic E-state index is 12.7. The number of amides is 1. The molecular weight excluding hydrogens is 473 g/mol. The van der Waals surface area contributed by atoms with Crippen LogP contribution in [0.25, 0.3) is 17.0 Å². The Labute approximate surface area is 206 Å². The molecule has 0 bridgehead atoms. The van der Waals surface area contributed by atoms with Crippen LogP contribution in [0.2, 0.25) is 10.0 Å². The van der Waals surface area contributed by atoms with Gasteiger partial charge in [0.05, 0.1) is 0 Å². The van der Waals surface area contributed by atoms with E-state index in [0.717, 1.165) is 38.7 Å². The average Bonchev–Trinajstić information content (AvgIpc) is 3.16. The Morgan fingerprint density at radius 3 is 2.58 bits per heavy atom. The molecule has 0 atom stereocenters. The number of carbonyl (C=O) groups is 1. The summed E-state index contributed by atoms with van der Waals surface area (Å²) in [4.78, 5) is 13.8. The van der Waals surface area contributed by atoms with Gasteiger partial charge in [0.1, 0.15) is 11.6 Å². The molecule has 33 heavy (non-hydrogen) atoms. The molecule has 4 rings (SSSR count). The summed E-state index contributed by atoms with van der Waals surface area (Å²) in [6.07, 6.45) is 3.61. The summed E-state index contributed by atoms with van der Waals surface area (Å²) in [6, 6.07) is 24.6.